The maximum atomic E-state index is 11.8. The number of esters is 1. The van der Waals surface area contributed by atoms with Crippen LogP contribution >= 0.6 is 0 Å². The van der Waals surface area contributed by atoms with E-state index in [-0.39, 0.29) is 29.2 Å². The lowest BCUT2D eigenvalue weighted by Crippen LogP contribution is -2.42. The van der Waals surface area contributed by atoms with Crippen LogP contribution in [0, 0.1) is 10.8 Å². The first-order valence-electron chi connectivity index (χ1n) is 11.1. The molecule has 168 valence electrons. The maximum Gasteiger partial charge on any atom is 0.311 e. The molecule has 0 unspecified atom stereocenters. The summed E-state index contributed by atoms with van der Waals surface area (Å²) in [5.41, 5.74) is -0.253. The molecule has 4 rings (SSSR count). The van der Waals surface area contributed by atoms with Gasteiger partial charge in [-0.1, -0.05) is 6.92 Å². The SMILES string of the molecule is CC1(CO)CCC2(CC1)OCCO2.CCOC(=O)C1(C)CCC2(CC1)OCCO2. The summed E-state index contributed by atoms with van der Waals surface area (Å²) in [7, 11) is 0. The van der Waals surface area contributed by atoms with Crippen LogP contribution in [0.15, 0.2) is 0 Å². The second kappa shape index (κ2) is 9.18. The second-order valence-corrected chi connectivity index (χ2v) is 9.47. The van der Waals surface area contributed by atoms with E-state index in [0.717, 1.165) is 64.6 Å². The molecule has 0 aromatic carbocycles. The van der Waals surface area contributed by atoms with Crippen LogP contribution in [0.4, 0.5) is 0 Å². The van der Waals surface area contributed by atoms with Gasteiger partial charge in [0.05, 0.1) is 38.4 Å². The number of carbonyl (C=O) groups excluding carboxylic acids is 1. The lowest BCUT2D eigenvalue weighted by Gasteiger charge is -2.40. The number of aliphatic hydroxyl groups excluding tert-OH is 1. The molecule has 0 radical (unpaired) electrons. The Bertz CT molecular complexity index is 529. The molecule has 2 saturated carbocycles. The number of aliphatic hydroxyl groups is 1. The predicted octanol–water partition coefficient (Wildman–Crippen LogP) is 3.18. The molecule has 1 N–H and O–H groups in total. The largest absolute Gasteiger partial charge is 0.466 e. The van der Waals surface area contributed by atoms with Gasteiger partial charge < -0.3 is 28.8 Å². The summed E-state index contributed by atoms with van der Waals surface area (Å²) in [5, 5.41) is 9.20. The molecule has 0 atom stereocenters. The van der Waals surface area contributed by atoms with Gasteiger partial charge in [0.25, 0.3) is 0 Å². The van der Waals surface area contributed by atoms with Gasteiger partial charge >= 0.3 is 5.97 Å². The molecule has 7 heteroatoms. The van der Waals surface area contributed by atoms with Crippen LogP contribution in [0.25, 0.3) is 0 Å². The van der Waals surface area contributed by atoms with Crippen molar-refractivity contribution in [2.45, 2.75) is 83.7 Å². The topological polar surface area (TPSA) is 83.5 Å². The third-order valence-corrected chi connectivity index (χ3v) is 7.11. The Hall–Kier alpha value is -0.730. The van der Waals surface area contributed by atoms with Crippen LogP contribution < -0.4 is 0 Å². The number of hydrogen-bond donors (Lipinski definition) is 1. The molecule has 0 aromatic heterocycles. The van der Waals surface area contributed by atoms with Crippen LogP contribution in [0.1, 0.15) is 72.1 Å². The standard InChI is InChI=1S/C12H20O4.C10H18O3/c1-3-14-10(13)11(2)4-6-12(7-5-11)15-8-9-16-12;1-9(8-11)2-4-10(5-3-9)12-6-7-13-10/h3-9H2,1-2H3;11H,2-8H2,1H3. The summed E-state index contributed by atoms with van der Waals surface area (Å²) in [6.07, 6.45) is 7.03. The Labute approximate surface area is 174 Å². The Morgan fingerprint density at radius 1 is 0.793 bits per heavy atom. The molecule has 7 nitrogen and oxygen atoms in total. The molecule has 0 bridgehead atoms. The summed E-state index contributed by atoms with van der Waals surface area (Å²) in [6, 6.07) is 0. The molecular formula is C22H38O7. The van der Waals surface area contributed by atoms with E-state index in [4.69, 9.17) is 23.7 Å². The molecule has 29 heavy (non-hydrogen) atoms. The van der Waals surface area contributed by atoms with Gasteiger partial charge in [-0.05, 0) is 44.9 Å². The van der Waals surface area contributed by atoms with Gasteiger partial charge in [-0.2, -0.15) is 0 Å². The molecule has 4 aliphatic rings. The molecule has 2 spiro atoms. The molecule has 2 aliphatic heterocycles. The highest BCUT2D eigenvalue weighted by atomic mass is 16.7. The zero-order valence-corrected chi connectivity index (χ0v) is 18.3. The molecule has 0 amide bonds. The molecule has 2 saturated heterocycles. The van der Waals surface area contributed by atoms with Gasteiger partial charge in [0, 0.05) is 32.3 Å². The Kier molecular flexibility index (Phi) is 7.27. The summed E-state index contributed by atoms with van der Waals surface area (Å²) >= 11 is 0. The lowest BCUT2D eigenvalue weighted by atomic mass is 9.73. The van der Waals surface area contributed by atoms with Gasteiger partial charge in [-0.25, -0.2) is 0 Å². The molecule has 2 heterocycles. The van der Waals surface area contributed by atoms with Crippen molar-refractivity contribution >= 4 is 5.97 Å². The van der Waals surface area contributed by atoms with Crippen LogP contribution in [-0.4, -0.2) is 62.3 Å². The van der Waals surface area contributed by atoms with E-state index < -0.39 is 5.79 Å². The van der Waals surface area contributed by atoms with Crippen molar-refractivity contribution in [3.05, 3.63) is 0 Å². The minimum Gasteiger partial charge on any atom is -0.466 e. The van der Waals surface area contributed by atoms with E-state index in [1.807, 2.05) is 13.8 Å². The number of carbonyl (C=O) groups is 1. The fourth-order valence-corrected chi connectivity index (χ4v) is 4.66. The Morgan fingerprint density at radius 3 is 1.59 bits per heavy atom. The predicted molar refractivity (Wildman–Crippen MR) is 106 cm³/mol. The average Bonchev–Trinajstić information content (AvgIpc) is 3.39. The van der Waals surface area contributed by atoms with Crippen molar-refractivity contribution in [2.75, 3.05) is 39.6 Å². The van der Waals surface area contributed by atoms with Gasteiger partial charge in [0.15, 0.2) is 11.6 Å². The van der Waals surface area contributed by atoms with Crippen molar-refractivity contribution in [3.63, 3.8) is 0 Å². The van der Waals surface area contributed by atoms with E-state index in [0.29, 0.717) is 19.8 Å². The van der Waals surface area contributed by atoms with Gasteiger partial charge in [-0.3, -0.25) is 4.79 Å². The van der Waals surface area contributed by atoms with Crippen LogP contribution in [-0.2, 0) is 28.5 Å². The Morgan fingerprint density at radius 2 is 1.21 bits per heavy atom. The summed E-state index contributed by atoms with van der Waals surface area (Å²) in [4.78, 5) is 11.8. The fourth-order valence-electron chi connectivity index (χ4n) is 4.66. The third kappa shape index (κ3) is 5.31. The first-order valence-corrected chi connectivity index (χ1v) is 11.1. The van der Waals surface area contributed by atoms with Crippen molar-refractivity contribution < 1.29 is 33.6 Å². The number of ether oxygens (including phenoxy) is 5. The molecule has 4 fully saturated rings. The van der Waals surface area contributed by atoms with Crippen LogP contribution in [0.2, 0.25) is 0 Å². The minimum absolute atomic E-state index is 0.0807. The molecule has 2 aliphatic carbocycles. The smallest absolute Gasteiger partial charge is 0.311 e. The monoisotopic (exact) mass is 414 g/mol. The van der Waals surface area contributed by atoms with E-state index in [9.17, 15) is 9.90 Å². The van der Waals surface area contributed by atoms with E-state index in [1.54, 1.807) is 0 Å². The van der Waals surface area contributed by atoms with Crippen molar-refractivity contribution in [3.8, 4) is 0 Å². The van der Waals surface area contributed by atoms with E-state index in [2.05, 4.69) is 6.92 Å². The highest BCUT2D eigenvalue weighted by Crippen LogP contribution is 2.45. The maximum absolute atomic E-state index is 11.8. The van der Waals surface area contributed by atoms with Crippen molar-refractivity contribution in [2.24, 2.45) is 10.8 Å². The highest BCUT2D eigenvalue weighted by molar-refractivity contribution is 5.76. The molecule has 0 aromatic rings. The average molecular weight is 415 g/mol. The summed E-state index contributed by atoms with van der Waals surface area (Å²) in [6.45, 7) is 9.50. The number of hydrogen-bond acceptors (Lipinski definition) is 7. The summed E-state index contributed by atoms with van der Waals surface area (Å²) in [5.74, 6) is -0.761. The van der Waals surface area contributed by atoms with E-state index >= 15 is 0 Å². The number of rotatable bonds is 3. The molecular weight excluding hydrogens is 376 g/mol. The quantitative estimate of drug-likeness (QED) is 0.710. The van der Waals surface area contributed by atoms with Crippen molar-refractivity contribution in [1.82, 2.24) is 0 Å². The van der Waals surface area contributed by atoms with E-state index in [1.165, 1.54) is 0 Å². The van der Waals surface area contributed by atoms with Crippen molar-refractivity contribution in [1.29, 1.82) is 0 Å². The van der Waals surface area contributed by atoms with Gasteiger partial charge in [0.2, 0.25) is 0 Å². The second-order valence-electron chi connectivity index (χ2n) is 9.47. The van der Waals surface area contributed by atoms with Crippen LogP contribution in [0.3, 0.4) is 0 Å². The first kappa shape index (κ1) is 22.9. The normalized spacial score (nSPS) is 32.0. The zero-order valence-electron chi connectivity index (χ0n) is 18.3. The first-order chi connectivity index (χ1) is 13.8. The third-order valence-electron chi connectivity index (χ3n) is 7.11. The lowest BCUT2D eigenvalue weighted by molar-refractivity contribution is -0.197. The van der Waals surface area contributed by atoms with Crippen LogP contribution in [0.5, 0.6) is 0 Å². The zero-order chi connectivity index (χ0) is 21.0. The summed E-state index contributed by atoms with van der Waals surface area (Å²) < 4.78 is 27.6. The Balaban J connectivity index is 0.000000169. The van der Waals surface area contributed by atoms with Gasteiger partial charge in [0.1, 0.15) is 0 Å². The fraction of sp³-hybridized carbons (Fsp3) is 0.955. The highest BCUT2D eigenvalue weighted by Gasteiger charge is 2.48. The minimum atomic E-state index is -0.397. The van der Waals surface area contributed by atoms with Gasteiger partial charge in [-0.15, -0.1) is 0 Å².